The number of benzene rings is 2. The third kappa shape index (κ3) is 5.86. The molecule has 132 valence electrons. The van der Waals surface area contributed by atoms with E-state index in [1.165, 1.54) is 0 Å². The van der Waals surface area contributed by atoms with Crippen LogP contribution in [0.3, 0.4) is 0 Å². The molecule has 0 aromatic heterocycles. The van der Waals surface area contributed by atoms with Gasteiger partial charge in [-0.2, -0.15) is 0 Å². The van der Waals surface area contributed by atoms with Gasteiger partial charge in [0.05, 0.1) is 13.0 Å². The Bertz CT molecular complexity index is 684. The van der Waals surface area contributed by atoms with Crippen molar-refractivity contribution in [1.29, 1.82) is 0 Å². The van der Waals surface area contributed by atoms with Crippen LogP contribution in [0.2, 0.25) is 0 Å². The van der Waals surface area contributed by atoms with E-state index in [-0.39, 0.29) is 18.0 Å². The molecule has 0 saturated carbocycles. The molecule has 0 aliphatic heterocycles. The van der Waals surface area contributed by atoms with Crippen LogP contribution in [-0.2, 0) is 4.79 Å². The molecule has 2 aromatic carbocycles. The average Bonchev–Trinajstić information content (AvgIpc) is 2.65. The molecule has 25 heavy (non-hydrogen) atoms. The van der Waals surface area contributed by atoms with Gasteiger partial charge >= 0.3 is 0 Å². The van der Waals surface area contributed by atoms with Gasteiger partial charge in [-0.1, -0.05) is 56.7 Å². The minimum atomic E-state index is -0.101. The van der Waals surface area contributed by atoms with Crippen molar-refractivity contribution < 1.29 is 14.3 Å². The summed E-state index contributed by atoms with van der Waals surface area (Å²) >= 11 is 0. The molecular formula is C22H26O3. The van der Waals surface area contributed by atoms with Gasteiger partial charge in [0.1, 0.15) is 11.5 Å². The monoisotopic (exact) mass is 338 g/mol. The summed E-state index contributed by atoms with van der Waals surface area (Å²) in [6.45, 7) is 4.83. The number of rotatable bonds is 10. The predicted molar refractivity (Wildman–Crippen MR) is 101 cm³/mol. The number of ketones is 2. The molecule has 3 heteroatoms. The predicted octanol–water partition coefficient (Wildman–Crippen LogP) is 5.47. The highest BCUT2D eigenvalue weighted by Crippen LogP contribution is 2.23. The zero-order chi connectivity index (χ0) is 18.1. The lowest BCUT2D eigenvalue weighted by atomic mass is 9.99. The number of hydrogen-bond acceptors (Lipinski definition) is 3. The summed E-state index contributed by atoms with van der Waals surface area (Å²) in [7, 11) is 0. The van der Waals surface area contributed by atoms with Gasteiger partial charge in [-0.15, -0.1) is 0 Å². The van der Waals surface area contributed by atoms with Crippen LogP contribution >= 0.6 is 0 Å². The average molecular weight is 338 g/mol. The van der Waals surface area contributed by atoms with E-state index in [0.29, 0.717) is 18.6 Å². The molecule has 0 unspecified atom stereocenters. The van der Waals surface area contributed by atoms with E-state index < -0.39 is 0 Å². The van der Waals surface area contributed by atoms with Crippen molar-refractivity contribution in [2.45, 2.75) is 46.0 Å². The summed E-state index contributed by atoms with van der Waals surface area (Å²) in [5.41, 5.74) is 2.70. The fraction of sp³-hybridized carbons (Fsp3) is 0.364. The van der Waals surface area contributed by atoms with Crippen molar-refractivity contribution in [3.8, 4) is 16.9 Å². The molecular weight excluding hydrogens is 312 g/mol. The van der Waals surface area contributed by atoms with Crippen molar-refractivity contribution in [2.24, 2.45) is 0 Å². The van der Waals surface area contributed by atoms with Crippen LogP contribution in [0, 0.1) is 0 Å². The molecule has 0 atom stereocenters. The van der Waals surface area contributed by atoms with Gasteiger partial charge in [0.15, 0.2) is 5.78 Å². The molecule has 0 aliphatic rings. The number of hydrogen-bond donors (Lipinski definition) is 0. The Kier molecular flexibility index (Phi) is 7.39. The van der Waals surface area contributed by atoms with E-state index in [1.807, 2.05) is 43.3 Å². The number of ether oxygens (including phenoxy) is 1. The Morgan fingerprint density at radius 1 is 0.840 bits per heavy atom. The van der Waals surface area contributed by atoms with Gasteiger partial charge in [-0.25, -0.2) is 0 Å². The first-order chi connectivity index (χ1) is 12.1. The number of unbranched alkanes of at least 4 members (excludes halogenated alkanes) is 1. The Morgan fingerprint density at radius 3 is 2.00 bits per heavy atom. The molecule has 0 heterocycles. The lowest BCUT2D eigenvalue weighted by Crippen LogP contribution is -2.07. The highest BCUT2D eigenvalue weighted by atomic mass is 16.5. The van der Waals surface area contributed by atoms with Gasteiger partial charge in [0.2, 0.25) is 0 Å². The normalized spacial score (nSPS) is 10.5. The summed E-state index contributed by atoms with van der Waals surface area (Å²) in [5, 5.41) is 0. The number of Topliss-reactive ketones (excluding diaryl/α,β-unsaturated/α-hetero) is 2. The number of carbonyl (C=O) groups is 2. The smallest absolute Gasteiger partial charge is 0.170 e. The second kappa shape index (κ2) is 9.77. The van der Waals surface area contributed by atoms with Gasteiger partial charge in [-0.05, 0) is 36.1 Å². The lowest BCUT2D eigenvalue weighted by Gasteiger charge is -2.07. The second-order valence-electron chi connectivity index (χ2n) is 6.19. The number of carbonyl (C=O) groups excluding carboxylic acids is 2. The fourth-order valence-electron chi connectivity index (χ4n) is 2.56. The minimum Gasteiger partial charge on any atom is -0.494 e. The maximum atomic E-state index is 12.2. The van der Waals surface area contributed by atoms with Gasteiger partial charge in [0.25, 0.3) is 0 Å². The Morgan fingerprint density at radius 2 is 1.44 bits per heavy atom. The molecule has 2 aromatic rings. The SMILES string of the molecule is CCCCC(=O)CC(=O)c1ccc(-c2ccc(OCCC)cc2)cc1. The second-order valence-corrected chi connectivity index (χ2v) is 6.19. The van der Waals surface area contributed by atoms with Gasteiger partial charge < -0.3 is 4.74 Å². The molecule has 3 nitrogen and oxygen atoms in total. The Hall–Kier alpha value is -2.42. The van der Waals surface area contributed by atoms with Crippen LogP contribution < -0.4 is 4.74 Å². The van der Waals surface area contributed by atoms with Gasteiger partial charge in [-0.3, -0.25) is 9.59 Å². The van der Waals surface area contributed by atoms with Crippen LogP contribution in [0.15, 0.2) is 48.5 Å². The van der Waals surface area contributed by atoms with Crippen LogP contribution in [0.5, 0.6) is 5.75 Å². The summed E-state index contributed by atoms with van der Waals surface area (Å²) in [6.07, 6.45) is 3.30. The molecule has 0 saturated heterocycles. The molecule has 0 spiro atoms. The van der Waals surface area contributed by atoms with Crippen molar-refractivity contribution in [1.82, 2.24) is 0 Å². The molecule has 0 amide bonds. The molecule has 0 aliphatic carbocycles. The highest BCUT2D eigenvalue weighted by Gasteiger charge is 2.11. The zero-order valence-electron chi connectivity index (χ0n) is 15.1. The fourth-order valence-corrected chi connectivity index (χ4v) is 2.56. The summed E-state index contributed by atoms with van der Waals surface area (Å²) in [4.78, 5) is 23.9. The maximum absolute atomic E-state index is 12.2. The topological polar surface area (TPSA) is 43.4 Å². The van der Waals surface area contributed by atoms with E-state index in [2.05, 4.69) is 6.92 Å². The van der Waals surface area contributed by atoms with Crippen LogP contribution in [0.4, 0.5) is 0 Å². The molecule has 2 rings (SSSR count). The van der Waals surface area contributed by atoms with E-state index in [0.717, 1.165) is 36.1 Å². The molecule has 0 fully saturated rings. The van der Waals surface area contributed by atoms with Crippen molar-refractivity contribution in [3.63, 3.8) is 0 Å². The van der Waals surface area contributed by atoms with Crippen molar-refractivity contribution in [2.75, 3.05) is 6.61 Å². The van der Waals surface area contributed by atoms with E-state index in [9.17, 15) is 9.59 Å². The van der Waals surface area contributed by atoms with E-state index >= 15 is 0 Å². The quantitative estimate of drug-likeness (QED) is 0.426. The van der Waals surface area contributed by atoms with Crippen LogP contribution in [0.1, 0.15) is 56.3 Å². The molecule has 0 radical (unpaired) electrons. The zero-order valence-corrected chi connectivity index (χ0v) is 15.1. The molecule has 0 bridgehead atoms. The maximum Gasteiger partial charge on any atom is 0.170 e. The standard InChI is InChI=1S/C22H26O3/c1-3-5-6-20(23)16-22(24)19-9-7-17(8-10-19)18-11-13-21(14-12-18)25-15-4-2/h7-14H,3-6,15-16H2,1-2H3. The third-order valence-electron chi connectivity index (χ3n) is 4.03. The lowest BCUT2D eigenvalue weighted by molar-refractivity contribution is -0.118. The Labute approximate surface area is 150 Å². The first-order valence-electron chi connectivity index (χ1n) is 9.02. The van der Waals surface area contributed by atoms with Crippen molar-refractivity contribution in [3.05, 3.63) is 54.1 Å². The highest BCUT2D eigenvalue weighted by molar-refractivity contribution is 6.08. The van der Waals surface area contributed by atoms with Crippen LogP contribution in [-0.4, -0.2) is 18.2 Å². The largest absolute Gasteiger partial charge is 0.494 e. The summed E-state index contributed by atoms with van der Waals surface area (Å²) in [5.74, 6) is 0.789. The summed E-state index contributed by atoms with van der Waals surface area (Å²) in [6, 6.07) is 15.4. The first kappa shape index (κ1) is 18.9. The van der Waals surface area contributed by atoms with Crippen LogP contribution in [0.25, 0.3) is 11.1 Å². The Balaban J connectivity index is 1.99. The molecule has 0 N–H and O–H groups in total. The minimum absolute atomic E-state index is 0.00279. The van der Waals surface area contributed by atoms with Crippen molar-refractivity contribution >= 4 is 11.6 Å². The third-order valence-corrected chi connectivity index (χ3v) is 4.03. The van der Waals surface area contributed by atoms with E-state index in [4.69, 9.17) is 4.74 Å². The first-order valence-corrected chi connectivity index (χ1v) is 9.02. The summed E-state index contributed by atoms with van der Waals surface area (Å²) < 4.78 is 5.58. The van der Waals surface area contributed by atoms with Gasteiger partial charge in [0, 0.05) is 12.0 Å². The van der Waals surface area contributed by atoms with E-state index in [1.54, 1.807) is 12.1 Å².